The van der Waals surface area contributed by atoms with Crippen LogP contribution < -0.4 is 10.1 Å². The second kappa shape index (κ2) is 9.58. The molecule has 0 radical (unpaired) electrons. The first-order valence-electron chi connectivity index (χ1n) is 7.14. The Balaban J connectivity index is 2.35. The molecule has 1 aromatic carbocycles. The van der Waals surface area contributed by atoms with Gasteiger partial charge in [-0.05, 0) is 38.1 Å². The highest BCUT2D eigenvalue weighted by Crippen LogP contribution is 2.12. The summed E-state index contributed by atoms with van der Waals surface area (Å²) < 4.78 is 15.0. The molecule has 0 spiro atoms. The average molecular weight is 323 g/mol. The highest BCUT2D eigenvalue weighted by Gasteiger charge is 2.17. The maximum atomic E-state index is 11.6. The predicted molar refractivity (Wildman–Crippen MR) is 82.4 cm³/mol. The van der Waals surface area contributed by atoms with Gasteiger partial charge in [0.2, 0.25) is 0 Å². The van der Waals surface area contributed by atoms with Crippen LogP contribution in [-0.4, -0.2) is 50.6 Å². The SMILES string of the molecule is COCCNC(=O)[C@@H](C)OC(=O)COc1ccc(C(C)=O)cc1. The van der Waals surface area contributed by atoms with Gasteiger partial charge in [0.15, 0.2) is 18.5 Å². The Hall–Kier alpha value is -2.41. The van der Waals surface area contributed by atoms with Crippen molar-refractivity contribution in [2.24, 2.45) is 0 Å². The van der Waals surface area contributed by atoms with Crippen LogP contribution in [0.1, 0.15) is 24.2 Å². The summed E-state index contributed by atoms with van der Waals surface area (Å²) in [7, 11) is 1.52. The topological polar surface area (TPSA) is 90.9 Å². The molecule has 1 atom stereocenters. The molecule has 1 amide bonds. The molecule has 1 rings (SSSR count). The van der Waals surface area contributed by atoms with Gasteiger partial charge in [0, 0.05) is 19.2 Å². The summed E-state index contributed by atoms with van der Waals surface area (Å²) in [5.74, 6) is -0.676. The smallest absolute Gasteiger partial charge is 0.344 e. The summed E-state index contributed by atoms with van der Waals surface area (Å²) >= 11 is 0. The fourth-order valence-electron chi connectivity index (χ4n) is 1.63. The van der Waals surface area contributed by atoms with E-state index in [-0.39, 0.29) is 12.4 Å². The lowest BCUT2D eigenvalue weighted by Gasteiger charge is -2.13. The van der Waals surface area contributed by atoms with Crippen molar-refractivity contribution in [1.82, 2.24) is 5.32 Å². The number of hydrogen-bond acceptors (Lipinski definition) is 6. The zero-order valence-corrected chi connectivity index (χ0v) is 13.5. The zero-order valence-electron chi connectivity index (χ0n) is 13.5. The van der Waals surface area contributed by atoms with Gasteiger partial charge in [-0.25, -0.2) is 4.79 Å². The van der Waals surface area contributed by atoms with E-state index in [1.807, 2.05) is 0 Å². The van der Waals surface area contributed by atoms with Gasteiger partial charge in [0.05, 0.1) is 6.61 Å². The van der Waals surface area contributed by atoms with Crippen molar-refractivity contribution >= 4 is 17.7 Å². The van der Waals surface area contributed by atoms with Crippen LogP contribution in [0.3, 0.4) is 0 Å². The zero-order chi connectivity index (χ0) is 17.2. The number of carbonyl (C=O) groups excluding carboxylic acids is 3. The Morgan fingerprint density at radius 1 is 1.17 bits per heavy atom. The number of ketones is 1. The summed E-state index contributed by atoms with van der Waals surface area (Å²) in [5, 5.41) is 2.57. The van der Waals surface area contributed by atoms with Crippen molar-refractivity contribution in [2.75, 3.05) is 26.9 Å². The van der Waals surface area contributed by atoms with Crippen molar-refractivity contribution in [3.05, 3.63) is 29.8 Å². The van der Waals surface area contributed by atoms with Crippen LogP contribution in [0, 0.1) is 0 Å². The van der Waals surface area contributed by atoms with Gasteiger partial charge in [-0.15, -0.1) is 0 Å². The second-order valence-electron chi connectivity index (χ2n) is 4.79. The van der Waals surface area contributed by atoms with E-state index in [0.717, 1.165) is 0 Å². The van der Waals surface area contributed by atoms with Crippen molar-refractivity contribution in [3.63, 3.8) is 0 Å². The molecule has 23 heavy (non-hydrogen) atoms. The molecule has 0 aliphatic carbocycles. The first kappa shape index (κ1) is 18.6. The molecule has 1 aromatic rings. The molecule has 126 valence electrons. The monoisotopic (exact) mass is 323 g/mol. The molecule has 0 heterocycles. The third-order valence-corrected chi connectivity index (χ3v) is 2.90. The van der Waals surface area contributed by atoms with Crippen molar-refractivity contribution in [2.45, 2.75) is 20.0 Å². The molecule has 0 aromatic heterocycles. The number of methoxy groups -OCH3 is 1. The third-order valence-electron chi connectivity index (χ3n) is 2.90. The summed E-state index contributed by atoms with van der Waals surface area (Å²) in [4.78, 5) is 34.4. The molecular formula is C16H21NO6. The Kier molecular flexibility index (Phi) is 7.76. The number of ether oxygens (including phenoxy) is 3. The summed E-state index contributed by atoms with van der Waals surface area (Å²) in [6.45, 7) is 3.34. The highest BCUT2D eigenvalue weighted by molar-refractivity contribution is 5.94. The minimum absolute atomic E-state index is 0.0516. The highest BCUT2D eigenvalue weighted by atomic mass is 16.6. The molecule has 0 fully saturated rings. The van der Waals surface area contributed by atoms with Gasteiger partial charge in [0.1, 0.15) is 5.75 Å². The lowest BCUT2D eigenvalue weighted by atomic mass is 10.1. The second-order valence-corrected chi connectivity index (χ2v) is 4.79. The largest absolute Gasteiger partial charge is 0.482 e. The first-order chi connectivity index (χ1) is 10.9. The van der Waals surface area contributed by atoms with Crippen LogP contribution in [0.4, 0.5) is 0 Å². The standard InChI is InChI=1S/C16H21NO6/c1-11(18)13-4-6-14(7-5-13)22-10-15(19)23-12(2)16(20)17-8-9-21-3/h4-7,12H,8-10H2,1-3H3,(H,17,20)/t12-/m1/s1. The fraction of sp³-hybridized carbons (Fsp3) is 0.438. The molecule has 7 nitrogen and oxygen atoms in total. The third kappa shape index (κ3) is 6.92. The minimum atomic E-state index is -0.914. The van der Waals surface area contributed by atoms with Crippen LogP contribution >= 0.6 is 0 Å². The van der Waals surface area contributed by atoms with Crippen LogP contribution in [0.15, 0.2) is 24.3 Å². The Labute approximate surface area is 134 Å². The van der Waals surface area contributed by atoms with E-state index in [9.17, 15) is 14.4 Å². The summed E-state index contributed by atoms with van der Waals surface area (Å²) in [6.07, 6.45) is -0.914. The lowest BCUT2D eigenvalue weighted by molar-refractivity contribution is -0.156. The van der Waals surface area contributed by atoms with E-state index in [1.165, 1.54) is 21.0 Å². The van der Waals surface area contributed by atoms with E-state index in [1.54, 1.807) is 24.3 Å². The van der Waals surface area contributed by atoms with E-state index >= 15 is 0 Å². The lowest BCUT2D eigenvalue weighted by Crippen LogP contribution is -2.38. The van der Waals surface area contributed by atoms with Gasteiger partial charge in [0.25, 0.3) is 5.91 Å². The number of Topliss-reactive ketones (excluding diaryl/α,β-unsaturated/α-hetero) is 1. The molecule has 1 N–H and O–H groups in total. The number of rotatable bonds is 9. The van der Waals surface area contributed by atoms with E-state index < -0.39 is 18.0 Å². The van der Waals surface area contributed by atoms with Gasteiger partial charge in [-0.3, -0.25) is 9.59 Å². The molecule has 0 aliphatic heterocycles. The van der Waals surface area contributed by atoms with E-state index in [4.69, 9.17) is 14.2 Å². The number of hydrogen-bond donors (Lipinski definition) is 1. The van der Waals surface area contributed by atoms with E-state index in [0.29, 0.717) is 24.5 Å². The molecule has 0 saturated heterocycles. The Morgan fingerprint density at radius 3 is 2.39 bits per heavy atom. The normalized spacial score (nSPS) is 11.4. The first-order valence-corrected chi connectivity index (χ1v) is 7.14. The van der Waals surface area contributed by atoms with Crippen molar-refractivity contribution in [3.8, 4) is 5.75 Å². The quantitative estimate of drug-likeness (QED) is 0.413. The molecule has 0 saturated carbocycles. The number of carbonyl (C=O) groups is 3. The van der Waals surface area contributed by atoms with Crippen LogP contribution in [0.2, 0.25) is 0 Å². The average Bonchev–Trinajstić information content (AvgIpc) is 2.53. The predicted octanol–water partition coefficient (Wildman–Crippen LogP) is 0.962. The molecular weight excluding hydrogens is 302 g/mol. The Morgan fingerprint density at radius 2 is 1.83 bits per heavy atom. The molecule has 0 unspecified atom stereocenters. The van der Waals surface area contributed by atoms with Crippen LogP contribution in [0.5, 0.6) is 5.75 Å². The molecule has 0 bridgehead atoms. The fourth-order valence-corrected chi connectivity index (χ4v) is 1.63. The van der Waals surface area contributed by atoms with Gasteiger partial charge in [-0.2, -0.15) is 0 Å². The Bertz CT molecular complexity index is 540. The number of amides is 1. The summed E-state index contributed by atoms with van der Waals surface area (Å²) in [5.41, 5.74) is 0.557. The van der Waals surface area contributed by atoms with E-state index in [2.05, 4.69) is 5.32 Å². The number of nitrogens with one attached hydrogen (secondary N) is 1. The molecule has 7 heteroatoms. The molecule has 0 aliphatic rings. The minimum Gasteiger partial charge on any atom is -0.482 e. The van der Waals surface area contributed by atoms with Crippen LogP contribution in [-0.2, 0) is 19.1 Å². The van der Waals surface area contributed by atoms with Gasteiger partial charge >= 0.3 is 5.97 Å². The maximum absolute atomic E-state index is 11.6. The van der Waals surface area contributed by atoms with Gasteiger partial charge < -0.3 is 19.5 Å². The number of benzene rings is 1. The van der Waals surface area contributed by atoms with Crippen molar-refractivity contribution in [1.29, 1.82) is 0 Å². The van der Waals surface area contributed by atoms with Crippen molar-refractivity contribution < 1.29 is 28.6 Å². The maximum Gasteiger partial charge on any atom is 0.344 e. The summed E-state index contributed by atoms with van der Waals surface area (Å²) in [6, 6.07) is 6.39. The number of esters is 1. The van der Waals surface area contributed by atoms with Crippen LogP contribution in [0.25, 0.3) is 0 Å². The van der Waals surface area contributed by atoms with Gasteiger partial charge in [-0.1, -0.05) is 0 Å².